The van der Waals surface area contributed by atoms with Gasteiger partial charge >= 0.3 is 0 Å². The molecule has 0 bridgehead atoms. The average Bonchev–Trinajstić information content (AvgIpc) is 2.91. The SMILES string of the molecule is CCCCNC(=O)[C@@H](C)N(Cc1ccccc1Cl)C(=O)CN(c1ccc(C)cc1)S(=O)(=O)c1ccc(F)cc1. The summed E-state index contributed by atoms with van der Waals surface area (Å²) in [4.78, 5) is 28.0. The number of hydrogen-bond acceptors (Lipinski definition) is 4. The summed E-state index contributed by atoms with van der Waals surface area (Å²) in [5.74, 6) is -1.54. The van der Waals surface area contributed by atoms with Crippen LogP contribution in [0.5, 0.6) is 0 Å². The molecular formula is C29H33ClFN3O4S. The summed E-state index contributed by atoms with van der Waals surface area (Å²) in [7, 11) is -4.26. The lowest BCUT2D eigenvalue weighted by atomic mass is 10.1. The zero-order chi connectivity index (χ0) is 28.6. The van der Waals surface area contributed by atoms with Crippen molar-refractivity contribution in [3.05, 3.63) is 94.8 Å². The molecule has 0 unspecified atom stereocenters. The number of nitrogens with one attached hydrogen (secondary N) is 1. The second-order valence-corrected chi connectivity index (χ2v) is 11.5. The fourth-order valence-electron chi connectivity index (χ4n) is 3.90. The minimum absolute atomic E-state index is 0.000789. The van der Waals surface area contributed by atoms with Gasteiger partial charge in [-0.25, -0.2) is 12.8 Å². The maximum atomic E-state index is 13.9. The normalized spacial score (nSPS) is 12.0. The molecule has 208 valence electrons. The quantitative estimate of drug-likeness (QED) is 0.297. The van der Waals surface area contributed by atoms with Gasteiger partial charge in [0.2, 0.25) is 11.8 Å². The highest BCUT2D eigenvalue weighted by Crippen LogP contribution is 2.26. The Balaban J connectivity index is 2.00. The molecule has 3 aromatic carbocycles. The van der Waals surface area contributed by atoms with Gasteiger partial charge in [0.25, 0.3) is 10.0 Å². The second-order valence-electron chi connectivity index (χ2n) is 9.23. The number of rotatable bonds is 12. The zero-order valence-corrected chi connectivity index (χ0v) is 23.8. The molecule has 1 atom stereocenters. The van der Waals surface area contributed by atoms with E-state index >= 15 is 0 Å². The van der Waals surface area contributed by atoms with Gasteiger partial charge in [-0.05, 0) is 68.3 Å². The van der Waals surface area contributed by atoms with Crippen molar-refractivity contribution >= 4 is 39.1 Å². The molecule has 0 heterocycles. The molecule has 7 nitrogen and oxygen atoms in total. The number of amides is 2. The Morgan fingerprint density at radius 2 is 1.64 bits per heavy atom. The first-order valence-electron chi connectivity index (χ1n) is 12.7. The van der Waals surface area contributed by atoms with Crippen LogP contribution in [0.4, 0.5) is 10.1 Å². The summed E-state index contributed by atoms with van der Waals surface area (Å²) in [5, 5.41) is 3.26. The lowest BCUT2D eigenvalue weighted by molar-refractivity contribution is -0.139. The number of hydrogen-bond donors (Lipinski definition) is 1. The standard InChI is InChI=1S/C29H33ClFN3O4S/c1-4-5-18-32-29(36)22(3)33(19-23-8-6-7-9-27(23)30)28(35)20-34(25-14-10-21(2)11-15-25)39(37,38)26-16-12-24(31)13-17-26/h6-17,22H,4-5,18-20H2,1-3H3,(H,32,36)/t22-/m1/s1. The van der Waals surface area contributed by atoms with Gasteiger partial charge in [-0.15, -0.1) is 0 Å². The molecule has 3 aromatic rings. The molecule has 0 aliphatic carbocycles. The van der Waals surface area contributed by atoms with Crippen LogP contribution in [0.1, 0.15) is 37.8 Å². The molecule has 10 heteroatoms. The van der Waals surface area contributed by atoms with Crippen molar-refractivity contribution in [2.24, 2.45) is 0 Å². The highest BCUT2D eigenvalue weighted by molar-refractivity contribution is 7.92. The Hall–Kier alpha value is -3.43. The summed E-state index contributed by atoms with van der Waals surface area (Å²) >= 11 is 6.37. The van der Waals surface area contributed by atoms with E-state index in [0.717, 1.165) is 47.0 Å². The van der Waals surface area contributed by atoms with Gasteiger partial charge in [-0.1, -0.05) is 60.8 Å². The van der Waals surface area contributed by atoms with Crippen LogP contribution in [-0.2, 0) is 26.2 Å². The van der Waals surface area contributed by atoms with Crippen LogP contribution >= 0.6 is 11.6 Å². The van der Waals surface area contributed by atoms with Crippen LogP contribution in [0.25, 0.3) is 0 Å². The summed E-state index contributed by atoms with van der Waals surface area (Å²) < 4.78 is 42.0. The van der Waals surface area contributed by atoms with Crippen molar-refractivity contribution in [1.29, 1.82) is 0 Å². The van der Waals surface area contributed by atoms with Crippen molar-refractivity contribution in [2.45, 2.75) is 51.1 Å². The van der Waals surface area contributed by atoms with E-state index < -0.39 is 34.3 Å². The molecule has 2 amide bonds. The maximum Gasteiger partial charge on any atom is 0.264 e. The predicted molar refractivity (Wildman–Crippen MR) is 151 cm³/mol. The number of aryl methyl sites for hydroxylation is 1. The van der Waals surface area contributed by atoms with Crippen molar-refractivity contribution in [3.63, 3.8) is 0 Å². The molecule has 0 spiro atoms. The topological polar surface area (TPSA) is 86.8 Å². The van der Waals surface area contributed by atoms with Crippen LogP contribution in [0.2, 0.25) is 5.02 Å². The van der Waals surface area contributed by atoms with E-state index in [1.165, 1.54) is 4.90 Å². The summed E-state index contributed by atoms with van der Waals surface area (Å²) in [5.41, 5.74) is 1.78. The number of unbranched alkanes of at least 4 members (excludes halogenated alkanes) is 1. The van der Waals surface area contributed by atoms with Crippen molar-refractivity contribution < 1.29 is 22.4 Å². The number of carbonyl (C=O) groups is 2. The molecule has 0 aliphatic heterocycles. The van der Waals surface area contributed by atoms with Crippen molar-refractivity contribution in [2.75, 3.05) is 17.4 Å². The number of benzene rings is 3. The monoisotopic (exact) mass is 573 g/mol. The Kier molecular flexibility index (Phi) is 10.5. The highest BCUT2D eigenvalue weighted by Gasteiger charge is 2.32. The number of halogens is 2. The van der Waals surface area contributed by atoms with Crippen LogP contribution < -0.4 is 9.62 Å². The van der Waals surface area contributed by atoms with E-state index in [0.29, 0.717) is 17.1 Å². The molecule has 0 aliphatic rings. The molecule has 0 fully saturated rings. The molecule has 39 heavy (non-hydrogen) atoms. The first-order valence-corrected chi connectivity index (χ1v) is 14.5. The van der Waals surface area contributed by atoms with Crippen LogP contribution in [0, 0.1) is 12.7 Å². The highest BCUT2D eigenvalue weighted by atomic mass is 35.5. The van der Waals surface area contributed by atoms with Gasteiger partial charge in [0, 0.05) is 18.1 Å². The Morgan fingerprint density at radius 3 is 2.26 bits per heavy atom. The number of nitrogens with zero attached hydrogens (tertiary/aromatic N) is 2. The van der Waals surface area contributed by atoms with E-state index in [4.69, 9.17) is 11.6 Å². The third kappa shape index (κ3) is 7.80. The summed E-state index contributed by atoms with van der Waals surface area (Å²) in [6.45, 7) is 5.34. The van der Waals surface area contributed by atoms with E-state index in [1.54, 1.807) is 55.5 Å². The molecule has 0 saturated heterocycles. The van der Waals surface area contributed by atoms with Gasteiger partial charge in [0.05, 0.1) is 10.6 Å². The van der Waals surface area contributed by atoms with E-state index in [9.17, 15) is 22.4 Å². The summed E-state index contributed by atoms with van der Waals surface area (Å²) in [6.07, 6.45) is 1.68. The van der Waals surface area contributed by atoms with E-state index in [2.05, 4.69) is 5.32 Å². The molecule has 1 N–H and O–H groups in total. The molecule has 0 radical (unpaired) electrons. The number of sulfonamides is 1. The first kappa shape index (κ1) is 30.1. The van der Waals surface area contributed by atoms with Gasteiger partial charge in [-0.3, -0.25) is 13.9 Å². The third-order valence-corrected chi connectivity index (χ3v) is 8.45. The molecule has 0 saturated carbocycles. The number of anilines is 1. The fourth-order valence-corrected chi connectivity index (χ4v) is 5.51. The van der Waals surface area contributed by atoms with Crippen LogP contribution in [-0.4, -0.2) is 44.3 Å². The average molecular weight is 574 g/mol. The minimum atomic E-state index is -4.26. The first-order chi connectivity index (χ1) is 18.5. The van der Waals surface area contributed by atoms with E-state index in [1.807, 2.05) is 13.8 Å². The fraction of sp³-hybridized carbons (Fsp3) is 0.310. The second kappa shape index (κ2) is 13.6. The molecule has 0 aromatic heterocycles. The predicted octanol–water partition coefficient (Wildman–Crippen LogP) is 5.32. The largest absolute Gasteiger partial charge is 0.354 e. The maximum absolute atomic E-state index is 13.9. The smallest absolute Gasteiger partial charge is 0.264 e. The Bertz CT molecular complexity index is 1380. The van der Waals surface area contributed by atoms with E-state index in [-0.39, 0.29) is 23.0 Å². The lowest BCUT2D eigenvalue weighted by Crippen LogP contribution is -2.51. The zero-order valence-electron chi connectivity index (χ0n) is 22.2. The number of carbonyl (C=O) groups excluding carboxylic acids is 2. The third-order valence-electron chi connectivity index (χ3n) is 6.30. The molecular weight excluding hydrogens is 541 g/mol. The molecule has 3 rings (SSSR count). The lowest BCUT2D eigenvalue weighted by Gasteiger charge is -2.32. The van der Waals surface area contributed by atoms with Crippen LogP contribution in [0.15, 0.2) is 77.7 Å². The minimum Gasteiger partial charge on any atom is -0.354 e. The van der Waals surface area contributed by atoms with Crippen LogP contribution in [0.3, 0.4) is 0 Å². The Labute approximate surface area is 234 Å². The van der Waals surface area contributed by atoms with Crippen molar-refractivity contribution in [3.8, 4) is 0 Å². The Morgan fingerprint density at radius 1 is 1.00 bits per heavy atom. The van der Waals surface area contributed by atoms with Crippen molar-refractivity contribution in [1.82, 2.24) is 10.2 Å². The van der Waals surface area contributed by atoms with Gasteiger partial charge in [-0.2, -0.15) is 0 Å². The van der Waals surface area contributed by atoms with Gasteiger partial charge < -0.3 is 10.2 Å². The van der Waals surface area contributed by atoms with Gasteiger partial charge in [0.15, 0.2) is 0 Å². The van der Waals surface area contributed by atoms with Gasteiger partial charge in [0.1, 0.15) is 18.4 Å². The summed E-state index contributed by atoms with van der Waals surface area (Å²) in [6, 6.07) is 17.1.